The van der Waals surface area contributed by atoms with Gasteiger partial charge in [0.05, 0.1) is 11.4 Å². The van der Waals surface area contributed by atoms with Crippen molar-refractivity contribution in [2.45, 2.75) is 25.7 Å². The molecule has 0 aromatic carbocycles. The number of hydrogen-bond donors (Lipinski definition) is 0. The highest BCUT2D eigenvalue weighted by molar-refractivity contribution is 5.12. The van der Waals surface area contributed by atoms with Gasteiger partial charge >= 0.3 is 0 Å². The Morgan fingerprint density at radius 2 is 2.10 bits per heavy atom. The van der Waals surface area contributed by atoms with Crippen LogP contribution in [0.3, 0.4) is 0 Å². The zero-order valence-electron chi connectivity index (χ0n) is 6.17. The summed E-state index contributed by atoms with van der Waals surface area (Å²) in [7, 11) is 1.97. The van der Waals surface area contributed by atoms with E-state index in [4.69, 9.17) is 0 Å². The largest absolute Gasteiger partial charge is 0.252 e. The van der Waals surface area contributed by atoms with Crippen LogP contribution in [0.15, 0.2) is 0 Å². The summed E-state index contributed by atoms with van der Waals surface area (Å²) in [6.07, 6.45) is 4.88. The lowest BCUT2D eigenvalue weighted by Crippen LogP contribution is -2.05. The predicted molar refractivity (Wildman–Crippen MR) is 37.6 cm³/mol. The molecule has 0 fully saturated rings. The Kier molecular flexibility index (Phi) is 1.22. The second kappa shape index (κ2) is 2.08. The summed E-state index contributed by atoms with van der Waals surface area (Å²) < 4.78 is 1.90. The van der Waals surface area contributed by atoms with E-state index in [0.29, 0.717) is 0 Å². The van der Waals surface area contributed by atoms with Gasteiger partial charge in [0.2, 0.25) is 0 Å². The summed E-state index contributed by atoms with van der Waals surface area (Å²) in [6, 6.07) is 0. The number of aryl methyl sites for hydroxylation is 2. The zero-order chi connectivity index (χ0) is 6.97. The molecule has 0 unspecified atom stereocenters. The van der Waals surface area contributed by atoms with Gasteiger partial charge in [-0.15, -0.1) is 5.10 Å². The molecule has 1 aliphatic rings. The van der Waals surface area contributed by atoms with E-state index >= 15 is 0 Å². The van der Waals surface area contributed by atoms with Crippen LogP contribution in [0, 0.1) is 0 Å². The van der Waals surface area contributed by atoms with Crippen molar-refractivity contribution in [3.63, 3.8) is 0 Å². The Bertz CT molecular complexity index is 239. The van der Waals surface area contributed by atoms with Crippen LogP contribution in [-0.4, -0.2) is 15.0 Å². The molecule has 54 valence electrons. The van der Waals surface area contributed by atoms with E-state index in [9.17, 15) is 0 Å². The maximum atomic E-state index is 4.07. The molecule has 3 nitrogen and oxygen atoms in total. The van der Waals surface area contributed by atoms with Crippen molar-refractivity contribution in [2.24, 2.45) is 7.05 Å². The van der Waals surface area contributed by atoms with Crippen molar-refractivity contribution in [1.29, 1.82) is 0 Å². The van der Waals surface area contributed by atoms with Crippen LogP contribution in [0.25, 0.3) is 0 Å². The first-order valence-electron chi connectivity index (χ1n) is 3.75. The van der Waals surface area contributed by atoms with Crippen molar-refractivity contribution >= 4 is 0 Å². The molecule has 0 N–H and O–H groups in total. The normalized spacial score (nSPS) is 16.9. The number of hydrogen-bond acceptors (Lipinski definition) is 2. The number of rotatable bonds is 0. The highest BCUT2D eigenvalue weighted by atomic mass is 15.4. The standard InChI is InChI=1S/C7H11N3/c1-10-7-5-3-2-4-6(7)8-9-10/h2-5H2,1H3. The molecule has 3 heteroatoms. The Hall–Kier alpha value is -0.860. The molecule has 0 radical (unpaired) electrons. The smallest absolute Gasteiger partial charge is 0.0859 e. The lowest BCUT2D eigenvalue weighted by Gasteiger charge is -2.08. The molecule has 1 heterocycles. The van der Waals surface area contributed by atoms with E-state index in [2.05, 4.69) is 10.3 Å². The molecule has 10 heavy (non-hydrogen) atoms. The fourth-order valence-corrected chi connectivity index (χ4v) is 1.50. The molecule has 0 saturated heterocycles. The van der Waals surface area contributed by atoms with Crippen LogP contribution >= 0.6 is 0 Å². The van der Waals surface area contributed by atoms with Crippen molar-refractivity contribution in [2.75, 3.05) is 0 Å². The lowest BCUT2D eigenvalue weighted by molar-refractivity contribution is 0.625. The molecule has 1 aromatic heterocycles. The molecule has 0 saturated carbocycles. The van der Waals surface area contributed by atoms with Gasteiger partial charge in [0.25, 0.3) is 0 Å². The van der Waals surface area contributed by atoms with Gasteiger partial charge in [0.1, 0.15) is 0 Å². The Morgan fingerprint density at radius 3 is 2.90 bits per heavy atom. The van der Waals surface area contributed by atoms with E-state index in [1.54, 1.807) is 0 Å². The minimum atomic E-state index is 1.13. The fraction of sp³-hybridized carbons (Fsp3) is 0.714. The van der Waals surface area contributed by atoms with Gasteiger partial charge in [-0.1, -0.05) is 5.21 Å². The van der Waals surface area contributed by atoms with Gasteiger partial charge in [-0.3, -0.25) is 4.68 Å². The molecule has 1 aromatic rings. The molecule has 1 aliphatic carbocycles. The molecule has 0 spiro atoms. The van der Waals surface area contributed by atoms with Crippen molar-refractivity contribution in [1.82, 2.24) is 15.0 Å². The van der Waals surface area contributed by atoms with Crippen molar-refractivity contribution < 1.29 is 0 Å². The predicted octanol–water partition coefficient (Wildman–Crippen LogP) is 0.694. The average molecular weight is 137 g/mol. The summed E-state index contributed by atoms with van der Waals surface area (Å²) in [6.45, 7) is 0. The van der Waals surface area contributed by atoms with Gasteiger partial charge in [0, 0.05) is 7.05 Å². The van der Waals surface area contributed by atoms with E-state index in [1.165, 1.54) is 30.7 Å². The van der Waals surface area contributed by atoms with Gasteiger partial charge in [-0.05, 0) is 25.7 Å². The first-order chi connectivity index (χ1) is 4.88. The summed E-state index contributed by atoms with van der Waals surface area (Å²) in [5, 5.41) is 8.03. The maximum absolute atomic E-state index is 4.07. The van der Waals surface area contributed by atoms with Crippen LogP contribution in [0.5, 0.6) is 0 Å². The fourth-order valence-electron chi connectivity index (χ4n) is 1.50. The van der Waals surface area contributed by atoms with Crippen LogP contribution in [0.1, 0.15) is 24.2 Å². The van der Waals surface area contributed by atoms with E-state index in [0.717, 1.165) is 6.42 Å². The molecular weight excluding hydrogens is 126 g/mol. The van der Waals surface area contributed by atoms with Gasteiger partial charge in [-0.25, -0.2) is 0 Å². The summed E-state index contributed by atoms with van der Waals surface area (Å²) in [5.74, 6) is 0. The quantitative estimate of drug-likeness (QED) is 0.527. The highest BCUT2D eigenvalue weighted by Crippen LogP contribution is 2.16. The molecule has 0 bridgehead atoms. The second-order valence-electron chi connectivity index (χ2n) is 2.81. The molecule has 2 rings (SSSR count). The molecule has 0 amide bonds. The summed E-state index contributed by atoms with van der Waals surface area (Å²) in [4.78, 5) is 0. The number of fused-ring (bicyclic) bond motifs is 1. The number of aromatic nitrogens is 3. The minimum Gasteiger partial charge on any atom is -0.252 e. The zero-order valence-corrected chi connectivity index (χ0v) is 6.17. The maximum Gasteiger partial charge on any atom is 0.0859 e. The monoisotopic (exact) mass is 137 g/mol. The molecular formula is C7H11N3. The summed E-state index contributed by atoms with van der Waals surface area (Å²) in [5.41, 5.74) is 2.56. The third-order valence-corrected chi connectivity index (χ3v) is 2.10. The average Bonchev–Trinajstić information content (AvgIpc) is 2.34. The van der Waals surface area contributed by atoms with Crippen molar-refractivity contribution in [3.8, 4) is 0 Å². The van der Waals surface area contributed by atoms with Crippen LogP contribution in [-0.2, 0) is 19.9 Å². The third-order valence-electron chi connectivity index (χ3n) is 2.10. The van der Waals surface area contributed by atoms with E-state index in [-0.39, 0.29) is 0 Å². The first-order valence-corrected chi connectivity index (χ1v) is 3.75. The van der Waals surface area contributed by atoms with E-state index < -0.39 is 0 Å². The highest BCUT2D eigenvalue weighted by Gasteiger charge is 2.13. The van der Waals surface area contributed by atoms with Crippen LogP contribution < -0.4 is 0 Å². The lowest BCUT2D eigenvalue weighted by atomic mass is 10.0. The van der Waals surface area contributed by atoms with E-state index in [1.807, 2.05) is 11.7 Å². The van der Waals surface area contributed by atoms with Crippen LogP contribution in [0.2, 0.25) is 0 Å². The Balaban J connectivity index is 2.45. The topological polar surface area (TPSA) is 30.7 Å². The van der Waals surface area contributed by atoms with Gasteiger partial charge in [0.15, 0.2) is 0 Å². The number of nitrogens with zero attached hydrogens (tertiary/aromatic N) is 3. The first kappa shape index (κ1) is 5.89. The third kappa shape index (κ3) is 0.735. The SMILES string of the molecule is Cn1nnc2c1CCCC2. The Morgan fingerprint density at radius 1 is 1.30 bits per heavy atom. The van der Waals surface area contributed by atoms with Gasteiger partial charge in [-0.2, -0.15) is 0 Å². The second-order valence-corrected chi connectivity index (χ2v) is 2.81. The van der Waals surface area contributed by atoms with Crippen molar-refractivity contribution in [3.05, 3.63) is 11.4 Å². The van der Waals surface area contributed by atoms with Gasteiger partial charge < -0.3 is 0 Å². The molecule has 0 atom stereocenters. The minimum absolute atomic E-state index is 1.13. The molecule has 0 aliphatic heterocycles. The Labute approximate surface area is 60.0 Å². The van der Waals surface area contributed by atoms with Crippen LogP contribution in [0.4, 0.5) is 0 Å². The summed E-state index contributed by atoms with van der Waals surface area (Å²) >= 11 is 0.